The molecule has 8 heteroatoms. The Morgan fingerprint density at radius 2 is 2.12 bits per heavy atom. The molecule has 0 fully saturated rings. The van der Waals surface area contributed by atoms with Crippen molar-refractivity contribution >= 4 is 34.7 Å². The molecule has 1 amide bonds. The van der Waals surface area contributed by atoms with Gasteiger partial charge in [0.1, 0.15) is 0 Å². The van der Waals surface area contributed by atoms with E-state index in [4.69, 9.17) is 5.84 Å². The largest absolute Gasteiger partial charge is 0.335 e. The lowest BCUT2D eigenvalue weighted by atomic mass is 10.1. The Morgan fingerprint density at radius 1 is 1.29 bits per heavy atom. The van der Waals surface area contributed by atoms with E-state index < -0.39 is 0 Å². The van der Waals surface area contributed by atoms with Gasteiger partial charge in [-0.2, -0.15) is 0 Å². The number of carbonyl (C=O) groups excluding carboxylic acids is 1. The summed E-state index contributed by atoms with van der Waals surface area (Å²) in [5.74, 6) is 6.72. The van der Waals surface area contributed by atoms with E-state index in [2.05, 4.69) is 15.5 Å². The fourth-order valence-electron chi connectivity index (χ4n) is 2.10. The number of nitrogens with two attached hydrogens (primary N) is 1. The van der Waals surface area contributed by atoms with E-state index in [-0.39, 0.29) is 11.7 Å². The van der Waals surface area contributed by atoms with E-state index in [1.807, 2.05) is 49.6 Å². The maximum atomic E-state index is 12.1. The standard InChI is InChI=1S/C16H17N5OS2/c1-10-5-6-12(8-11(10)2)18-14(22)9-24-16-20-19-15(21(16)17)13-4-3-7-23-13/h3-8H,9,17H2,1-2H3,(H,18,22). The first kappa shape index (κ1) is 16.5. The van der Waals surface area contributed by atoms with E-state index in [1.54, 1.807) is 11.3 Å². The van der Waals surface area contributed by atoms with Crippen molar-refractivity contribution < 1.29 is 4.79 Å². The SMILES string of the molecule is Cc1ccc(NC(=O)CSc2nnc(-c3cccs3)n2N)cc1C. The lowest BCUT2D eigenvalue weighted by Gasteiger charge is -2.07. The van der Waals surface area contributed by atoms with Gasteiger partial charge in [-0.05, 0) is 48.6 Å². The molecule has 0 saturated carbocycles. The normalized spacial score (nSPS) is 10.8. The Bertz CT molecular complexity index is 857. The highest BCUT2D eigenvalue weighted by Crippen LogP contribution is 2.25. The van der Waals surface area contributed by atoms with Crippen molar-refractivity contribution in [2.45, 2.75) is 19.0 Å². The fraction of sp³-hybridized carbons (Fsp3) is 0.188. The molecule has 0 aliphatic carbocycles. The van der Waals surface area contributed by atoms with Crippen molar-refractivity contribution in [1.82, 2.24) is 14.9 Å². The van der Waals surface area contributed by atoms with Gasteiger partial charge in [-0.3, -0.25) is 4.79 Å². The van der Waals surface area contributed by atoms with E-state index in [0.717, 1.165) is 16.1 Å². The second-order valence-electron chi connectivity index (χ2n) is 5.29. The highest BCUT2D eigenvalue weighted by Gasteiger charge is 2.14. The number of aromatic nitrogens is 3. The van der Waals surface area contributed by atoms with Crippen LogP contribution in [-0.2, 0) is 4.79 Å². The quantitative estimate of drug-likeness (QED) is 0.540. The van der Waals surface area contributed by atoms with Gasteiger partial charge in [0.25, 0.3) is 0 Å². The molecule has 0 radical (unpaired) electrons. The van der Waals surface area contributed by atoms with E-state index in [0.29, 0.717) is 11.0 Å². The van der Waals surface area contributed by atoms with Crippen LogP contribution in [0.1, 0.15) is 11.1 Å². The van der Waals surface area contributed by atoms with Gasteiger partial charge in [-0.15, -0.1) is 21.5 Å². The maximum absolute atomic E-state index is 12.1. The minimum absolute atomic E-state index is 0.107. The van der Waals surface area contributed by atoms with Crippen molar-refractivity contribution in [1.29, 1.82) is 0 Å². The highest BCUT2D eigenvalue weighted by atomic mass is 32.2. The zero-order valence-electron chi connectivity index (χ0n) is 13.3. The van der Waals surface area contributed by atoms with Crippen LogP contribution in [0.15, 0.2) is 40.9 Å². The number of hydrogen-bond donors (Lipinski definition) is 2. The summed E-state index contributed by atoms with van der Waals surface area (Å²) in [5, 5.41) is 13.5. The lowest BCUT2D eigenvalue weighted by Crippen LogP contribution is -2.16. The number of thiophene rings is 1. The van der Waals surface area contributed by atoms with Crippen LogP contribution in [0.4, 0.5) is 5.69 Å². The van der Waals surface area contributed by atoms with Crippen LogP contribution in [-0.4, -0.2) is 26.5 Å². The summed E-state index contributed by atoms with van der Waals surface area (Å²) in [6.45, 7) is 4.05. The number of nitrogen functional groups attached to an aromatic ring is 1. The Morgan fingerprint density at radius 3 is 2.83 bits per heavy atom. The molecule has 3 aromatic rings. The number of thioether (sulfide) groups is 1. The van der Waals surface area contributed by atoms with Gasteiger partial charge in [0.2, 0.25) is 11.1 Å². The third-order valence-corrected chi connectivity index (χ3v) is 5.34. The van der Waals surface area contributed by atoms with Crippen LogP contribution >= 0.6 is 23.1 Å². The summed E-state index contributed by atoms with van der Waals surface area (Å²) in [7, 11) is 0. The Balaban J connectivity index is 1.61. The van der Waals surface area contributed by atoms with Crippen LogP contribution < -0.4 is 11.2 Å². The van der Waals surface area contributed by atoms with Crippen molar-refractivity contribution in [2.24, 2.45) is 0 Å². The van der Waals surface area contributed by atoms with E-state index in [9.17, 15) is 4.79 Å². The molecule has 0 aliphatic heterocycles. The first-order valence-electron chi connectivity index (χ1n) is 7.29. The molecule has 3 rings (SSSR count). The number of carbonyl (C=O) groups is 1. The van der Waals surface area contributed by atoms with E-state index >= 15 is 0 Å². The van der Waals surface area contributed by atoms with Crippen molar-refractivity contribution in [3.63, 3.8) is 0 Å². The predicted octanol–water partition coefficient (Wildman–Crippen LogP) is 3.07. The highest BCUT2D eigenvalue weighted by molar-refractivity contribution is 7.99. The molecule has 124 valence electrons. The second-order valence-corrected chi connectivity index (χ2v) is 7.18. The van der Waals surface area contributed by atoms with Crippen molar-refractivity contribution in [3.8, 4) is 10.7 Å². The monoisotopic (exact) mass is 359 g/mol. The number of nitrogens with zero attached hydrogens (tertiary/aromatic N) is 3. The number of amides is 1. The summed E-state index contributed by atoms with van der Waals surface area (Å²) in [5.41, 5.74) is 3.12. The molecule has 0 unspecified atom stereocenters. The molecule has 1 aromatic carbocycles. The number of anilines is 1. The van der Waals surface area contributed by atoms with Crippen LogP contribution in [0.5, 0.6) is 0 Å². The van der Waals surface area contributed by atoms with Gasteiger partial charge in [0.15, 0.2) is 5.82 Å². The summed E-state index contributed by atoms with van der Waals surface area (Å²) < 4.78 is 1.42. The fourth-order valence-corrected chi connectivity index (χ4v) is 3.46. The molecule has 0 atom stereocenters. The Labute approximate surface area is 148 Å². The number of benzene rings is 1. The van der Waals surface area contributed by atoms with Gasteiger partial charge < -0.3 is 11.2 Å². The van der Waals surface area contributed by atoms with Gasteiger partial charge >= 0.3 is 0 Å². The van der Waals surface area contributed by atoms with Crippen LogP contribution in [0, 0.1) is 13.8 Å². The summed E-state index contributed by atoms with van der Waals surface area (Å²) in [4.78, 5) is 13.0. The van der Waals surface area contributed by atoms with Gasteiger partial charge in [0, 0.05) is 5.69 Å². The molecule has 2 heterocycles. The molecule has 24 heavy (non-hydrogen) atoms. The lowest BCUT2D eigenvalue weighted by molar-refractivity contribution is -0.113. The van der Waals surface area contributed by atoms with Crippen molar-refractivity contribution in [2.75, 3.05) is 16.9 Å². The summed E-state index contributed by atoms with van der Waals surface area (Å²) >= 11 is 2.80. The van der Waals surface area contributed by atoms with Crippen LogP contribution in [0.25, 0.3) is 10.7 Å². The predicted molar refractivity (Wildman–Crippen MR) is 98.8 cm³/mol. The maximum Gasteiger partial charge on any atom is 0.234 e. The van der Waals surface area contributed by atoms with Gasteiger partial charge in [0.05, 0.1) is 10.6 Å². The van der Waals surface area contributed by atoms with Crippen LogP contribution in [0.2, 0.25) is 0 Å². The van der Waals surface area contributed by atoms with E-state index in [1.165, 1.54) is 22.0 Å². The molecule has 6 nitrogen and oxygen atoms in total. The smallest absolute Gasteiger partial charge is 0.234 e. The minimum Gasteiger partial charge on any atom is -0.335 e. The zero-order valence-corrected chi connectivity index (χ0v) is 14.9. The number of hydrogen-bond acceptors (Lipinski definition) is 6. The third kappa shape index (κ3) is 3.60. The zero-order chi connectivity index (χ0) is 17.1. The molecule has 0 saturated heterocycles. The second kappa shape index (κ2) is 7.06. The molecule has 0 aliphatic rings. The molecule has 3 N–H and O–H groups in total. The van der Waals surface area contributed by atoms with Gasteiger partial charge in [-0.25, -0.2) is 4.68 Å². The molecular formula is C16H17N5OS2. The number of aryl methyl sites for hydroxylation is 2. The first-order chi connectivity index (χ1) is 11.5. The van der Waals surface area contributed by atoms with Crippen LogP contribution in [0.3, 0.4) is 0 Å². The molecular weight excluding hydrogens is 342 g/mol. The Kier molecular flexibility index (Phi) is 4.86. The topological polar surface area (TPSA) is 85.8 Å². The number of nitrogens with one attached hydrogen (secondary N) is 1. The molecule has 0 bridgehead atoms. The summed E-state index contributed by atoms with van der Waals surface area (Å²) in [6.07, 6.45) is 0. The number of rotatable bonds is 5. The van der Waals surface area contributed by atoms with Gasteiger partial charge in [-0.1, -0.05) is 23.9 Å². The van der Waals surface area contributed by atoms with Crippen molar-refractivity contribution in [3.05, 3.63) is 46.8 Å². The molecule has 2 aromatic heterocycles. The summed E-state index contributed by atoms with van der Waals surface area (Å²) in [6, 6.07) is 9.70. The Hall–Kier alpha value is -2.32. The first-order valence-corrected chi connectivity index (χ1v) is 9.15. The average molecular weight is 359 g/mol. The molecule has 0 spiro atoms. The third-order valence-electron chi connectivity index (χ3n) is 3.53. The minimum atomic E-state index is -0.107. The average Bonchev–Trinajstić information content (AvgIpc) is 3.19.